The minimum Gasteiger partial charge on any atom is -0.330 e. The molecule has 7 heteroatoms. The van der Waals surface area contributed by atoms with Gasteiger partial charge in [-0.05, 0) is 30.5 Å². The van der Waals surface area contributed by atoms with Crippen molar-refractivity contribution in [2.24, 2.45) is 13.0 Å². The molecule has 1 aromatic carbocycles. The molecule has 2 atom stereocenters. The molecule has 1 aromatic heterocycles. The zero-order valence-electron chi connectivity index (χ0n) is 12.4. The Morgan fingerprint density at radius 2 is 2.18 bits per heavy atom. The van der Waals surface area contributed by atoms with Crippen LogP contribution in [0.2, 0.25) is 5.02 Å². The highest BCUT2D eigenvalue weighted by Crippen LogP contribution is 2.34. The van der Waals surface area contributed by atoms with Crippen LogP contribution in [-0.4, -0.2) is 47.0 Å². The molecule has 0 unspecified atom stereocenters. The number of fused-ring (bicyclic) bond motifs is 2. The van der Waals surface area contributed by atoms with Crippen LogP contribution >= 0.6 is 11.6 Å². The topological polar surface area (TPSA) is 55.2 Å². The summed E-state index contributed by atoms with van der Waals surface area (Å²) in [6.45, 7) is 2.18. The first-order chi connectivity index (χ1) is 10.4. The quantitative estimate of drug-likeness (QED) is 0.838. The van der Waals surface area contributed by atoms with Crippen molar-refractivity contribution in [1.82, 2.24) is 14.5 Å². The molecule has 4 rings (SSSR count). The number of likely N-dealkylation sites (tertiary alicyclic amines) is 1. The highest BCUT2D eigenvalue weighted by atomic mass is 35.5. The van der Waals surface area contributed by atoms with Gasteiger partial charge in [0.1, 0.15) is 5.82 Å². The minimum atomic E-state index is -2.88. The normalized spacial score (nSPS) is 27.5. The number of sulfone groups is 1. The van der Waals surface area contributed by atoms with Crippen molar-refractivity contribution in [3.8, 4) is 0 Å². The zero-order valence-corrected chi connectivity index (χ0v) is 13.9. The standard InChI is InChI=1S/C15H18ClN3O2S/c1-18-13-3-2-11(16)6-12(13)17-15(18)9-19-7-10-4-5-22(20,21)14(10)8-19/h2-3,6,10,14H,4-5,7-9H2,1H3/t10-,14+/m0/s1. The van der Waals surface area contributed by atoms with E-state index in [1.54, 1.807) is 0 Å². The van der Waals surface area contributed by atoms with E-state index in [0.717, 1.165) is 29.8 Å². The van der Waals surface area contributed by atoms with E-state index >= 15 is 0 Å². The molecule has 22 heavy (non-hydrogen) atoms. The highest BCUT2D eigenvalue weighted by molar-refractivity contribution is 7.92. The average molecular weight is 340 g/mol. The highest BCUT2D eigenvalue weighted by Gasteiger charge is 2.46. The number of nitrogens with zero attached hydrogens (tertiary/aromatic N) is 3. The van der Waals surface area contributed by atoms with Crippen LogP contribution < -0.4 is 0 Å². The maximum Gasteiger partial charge on any atom is 0.154 e. The van der Waals surface area contributed by atoms with Crippen LogP contribution in [0.4, 0.5) is 0 Å². The van der Waals surface area contributed by atoms with Gasteiger partial charge in [0, 0.05) is 25.2 Å². The number of hydrogen-bond donors (Lipinski definition) is 0. The summed E-state index contributed by atoms with van der Waals surface area (Å²) in [6.07, 6.45) is 0.807. The lowest BCUT2D eigenvalue weighted by Crippen LogP contribution is -2.27. The number of imidazole rings is 1. The number of benzene rings is 1. The molecule has 0 N–H and O–H groups in total. The summed E-state index contributed by atoms with van der Waals surface area (Å²) in [5, 5.41) is 0.510. The van der Waals surface area contributed by atoms with E-state index in [-0.39, 0.29) is 5.25 Å². The molecule has 2 fully saturated rings. The van der Waals surface area contributed by atoms with Gasteiger partial charge in [-0.25, -0.2) is 13.4 Å². The molecule has 118 valence electrons. The van der Waals surface area contributed by atoms with Gasteiger partial charge in [-0.15, -0.1) is 0 Å². The van der Waals surface area contributed by atoms with Crippen LogP contribution in [0, 0.1) is 5.92 Å². The van der Waals surface area contributed by atoms with Gasteiger partial charge in [0.25, 0.3) is 0 Å². The second-order valence-electron chi connectivity index (χ2n) is 6.37. The molecular weight excluding hydrogens is 322 g/mol. The molecule has 0 aliphatic carbocycles. The van der Waals surface area contributed by atoms with Crippen molar-refractivity contribution < 1.29 is 8.42 Å². The second-order valence-corrected chi connectivity index (χ2v) is 9.14. The largest absolute Gasteiger partial charge is 0.330 e. The van der Waals surface area contributed by atoms with E-state index in [9.17, 15) is 8.42 Å². The van der Waals surface area contributed by atoms with E-state index in [1.165, 1.54) is 0 Å². The Morgan fingerprint density at radius 1 is 1.36 bits per heavy atom. The van der Waals surface area contributed by atoms with Crippen molar-refractivity contribution >= 4 is 32.5 Å². The summed E-state index contributed by atoms with van der Waals surface area (Å²) < 4.78 is 26.1. The molecule has 0 spiro atoms. The van der Waals surface area contributed by atoms with E-state index < -0.39 is 9.84 Å². The third kappa shape index (κ3) is 2.25. The molecule has 2 aliphatic heterocycles. The molecule has 2 aliphatic rings. The summed E-state index contributed by atoms with van der Waals surface area (Å²) in [6, 6.07) is 5.70. The van der Waals surface area contributed by atoms with Crippen LogP contribution in [0.15, 0.2) is 18.2 Å². The first-order valence-corrected chi connectivity index (χ1v) is 9.58. The Bertz CT molecular complexity index is 846. The predicted octanol–water partition coefficient (Wildman–Crippen LogP) is 1.85. The molecule has 3 heterocycles. The van der Waals surface area contributed by atoms with Crippen LogP contribution in [0.5, 0.6) is 0 Å². The van der Waals surface area contributed by atoms with Gasteiger partial charge < -0.3 is 4.57 Å². The zero-order chi connectivity index (χ0) is 15.5. The van der Waals surface area contributed by atoms with Crippen molar-refractivity contribution in [3.05, 3.63) is 29.0 Å². The summed E-state index contributed by atoms with van der Waals surface area (Å²) in [4.78, 5) is 6.87. The SMILES string of the molecule is Cn1c(CN2C[C@@H]3CCS(=O)(=O)[C@@H]3C2)nc2cc(Cl)ccc21. The van der Waals surface area contributed by atoms with Crippen LogP contribution in [0.1, 0.15) is 12.2 Å². The first-order valence-electron chi connectivity index (χ1n) is 7.49. The van der Waals surface area contributed by atoms with Gasteiger partial charge in [0.15, 0.2) is 9.84 Å². The molecule has 0 radical (unpaired) electrons. The lowest BCUT2D eigenvalue weighted by molar-refractivity contribution is 0.303. The Labute approximate surface area is 134 Å². The van der Waals surface area contributed by atoms with Gasteiger partial charge in [0.2, 0.25) is 0 Å². The van der Waals surface area contributed by atoms with Crippen molar-refractivity contribution in [2.45, 2.75) is 18.2 Å². The number of aromatic nitrogens is 2. The molecule has 5 nitrogen and oxygen atoms in total. The average Bonchev–Trinajstić information content (AvgIpc) is 3.07. The molecule has 2 aromatic rings. The predicted molar refractivity (Wildman–Crippen MR) is 86.7 cm³/mol. The molecule has 0 amide bonds. The van der Waals surface area contributed by atoms with Gasteiger partial charge >= 0.3 is 0 Å². The molecule has 2 saturated heterocycles. The maximum atomic E-state index is 12.0. The minimum absolute atomic E-state index is 0.170. The van der Waals surface area contributed by atoms with Crippen LogP contribution in [0.3, 0.4) is 0 Å². The van der Waals surface area contributed by atoms with Crippen LogP contribution in [0.25, 0.3) is 11.0 Å². The summed E-state index contributed by atoms with van der Waals surface area (Å²) >= 11 is 6.02. The molecular formula is C15H18ClN3O2S. The number of rotatable bonds is 2. The summed E-state index contributed by atoms with van der Waals surface area (Å²) in [5.74, 6) is 1.62. The van der Waals surface area contributed by atoms with Gasteiger partial charge in [-0.1, -0.05) is 11.6 Å². The fourth-order valence-corrected chi connectivity index (χ4v) is 6.12. The van der Waals surface area contributed by atoms with Crippen LogP contribution in [-0.2, 0) is 23.4 Å². The van der Waals surface area contributed by atoms with E-state index in [2.05, 4.69) is 14.5 Å². The van der Waals surface area contributed by atoms with Crippen molar-refractivity contribution in [2.75, 3.05) is 18.8 Å². The van der Waals surface area contributed by atoms with Gasteiger partial charge in [-0.3, -0.25) is 4.90 Å². The van der Waals surface area contributed by atoms with E-state index in [0.29, 0.717) is 29.8 Å². The second kappa shape index (κ2) is 4.94. The van der Waals surface area contributed by atoms with E-state index in [4.69, 9.17) is 11.6 Å². The third-order valence-electron chi connectivity index (χ3n) is 4.99. The van der Waals surface area contributed by atoms with Crippen molar-refractivity contribution in [1.29, 1.82) is 0 Å². The first kappa shape index (κ1) is 14.5. The van der Waals surface area contributed by atoms with Gasteiger partial charge in [0.05, 0.1) is 28.6 Å². The Kier molecular flexibility index (Phi) is 3.25. The number of hydrogen-bond acceptors (Lipinski definition) is 4. The Balaban J connectivity index is 1.59. The van der Waals surface area contributed by atoms with Crippen molar-refractivity contribution in [3.63, 3.8) is 0 Å². The third-order valence-corrected chi connectivity index (χ3v) is 7.49. The monoisotopic (exact) mass is 339 g/mol. The fourth-order valence-electron chi connectivity index (χ4n) is 3.77. The fraction of sp³-hybridized carbons (Fsp3) is 0.533. The lowest BCUT2D eigenvalue weighted by Gasteiger charge is -2.16. The Morgan fingerprint density at radius 3 is 2.95 bits per heavy atom. The maximum absolute atomic E-state index is 12.0. The Hall–Kier alpha value is -1.11. The number of halogens is 1. The molecule has 0 bridgehead atoms. The summed E-state index contributed by atoms with van der Waals surface area (Å²) in [5.41, 5.74) is 1.93. The lowest BCUT2D eigenvalue weighted by atomic mass is 10.1. The summed E-state index contributed by atoms with van der Waals surface area (Å²) in [7, 11) is -0.883. The molecule has 0 saturated carbocycles. The van der Waals surface area contributed by atoms with Gasteiger partial charge in [-0.2, -0.15) is 0 Å². The number of aryl methyl sites for hydroxylation is 1. The van der Waals surface area contributed by atoms with E-state index in [1.807, 2.05) is 25.2 Å². The smallest absolute Gasteiger partial charge is 0.154 e.